The molecule has 3 nitrogen and oxygen atoms in total. The van der Waals surface area contributed by atoms with Gasteiger partial charge in [0.25, 0.3) is 0 Å². The van der Waals surface area contributed by atoms with Crippen LogP contribution in [0, 0.1) is 6.92 Å². The summed E-state index contributed by atoms with van der Waals surface area (Å²) in [6.07, 6.45) is 1.23. The molecule has 2 aromatic rings. The summed E-state index contributed by atoms with van der Waals surface area (Å²) in [4.78, 5) is 12.0. The largest absolute Gasteiger partial charge is 0.326 e. The minimum absolute atomic E-state index is 0.0254. The van der Waals surface area contributed by atoms with Gasteiger partial charge in [-0.05, 0) is 43.5 Å². The van der Waals surface area contributed by atoms with Crippen LogP contribution in [-0.2, 0) is 11.2 Å². The smallest absolute Gasteiger partial charge is 0.224 e. The molecule has 0 heterocycles. The van der Waals surface area contributed by atoms with Gasteiger partial charge in [0.1, 0.15) is 0 Å². The fourth-order valence-corrected chi connectivity index (χ4v) is 2.14. The van der Waals surface area contributed by atoms with E-state index in [9.17, 15) is 4.79 Å². The van der Waals surface area contributed by atoms with E-state index in [0.717, 1.165) is 17.7 Å². The van der Waals surface area contributed by atoms with Gasteiger partial charge in [0.15, 0.2) is 0 Å². The molecule has 1 atom stereocenters. The normalized spacial score (nSPS) is 12.0. The quantitative estimate of drug-likeness (QED) is 0.880. The van der Waals surface area contributed by atoms with E-state index in [1.54, 1.807) is 0 Å². The molecule has 0 aromatic heterocycles. The van der Waals surface area contributed by atoms with E-state index in [0.29, 0.717) is 6.42 Å². The molecule has 0 aliphatic carbocycles. The molecular formula is C18H22N2O. The second-order valence-corrected chi connectivity index (χ2v) is 5.45. The maximum atomic E-state index is 12.0. The van der Waals surface area contributed by atoms with Crippen LogP contribution in [0.3, 0.4) is 0 Å². The van der Waals surface area contributed by atoms with Crippen LogP contribution in [-0.4, -0.2) is 5.91 Å². The lowest BCUT2D eigenvalue weighted by Crippen LogP contribution is -2.13. The highest BCUT2D eigenvalue weighted by molar-refractivity contribution is 5.90. The second-order valence-electron chi connectivity index (χ2n) is 5.45. The first-order valence-corrected chi connectivity index (χ1v) is 7.25. The van der Waals surface area contributed by atoms with Gasteiger partial charge < -0.3 is 11.1 Å². The molecule has 1 unspecified atom stereocenters. The van der Waals surface area contributed by atoms with Crippen LogP contribution in [0.5, 0.6) is 0 Å². The molecule has 0 radical (unpaired) electrons. The molecule has 1 amide bonds. The van der Waals surface area contributed by atoms with Crippen molar-refractivity contribution in [3.8, 4) is 0 Å². The van der Waals surface area contributed by atoms with Crippen LogP contribution in [0.15, 0.2) is 48.5 Å². The number of amides is 1. The molecule has 0 saturated heterocycles. The summed E-state index contributed by atoms with van der Waals surface area (Å²) in [5, 5.41) is 2.92. The van der Waals surface area contributed by atoms with E-state index >= 15 is 0 Å². The van der Waals surface area contributed by atoms with E-state index in [4.69, 9.17) is 5.73 Å². The molecule has 0 fully saturated rings. The Kier molecular flexibility index (Phi) is 5.12. The first-order chi connectivity index (χ1) is 10.0. The van der Waals surface area contributed by atoms with Crippen molar-refractivity contribution >= 4 is 11.6 Å². The summed E-state index contributed by atoms with van der Waals surface area (Å²) in [5.74, 6) is 0.0254. The van der Waals surface area contributed by atoms with Gasteiger partial charge in [0.05, 0.1) is 0 Å². The van der Waals surface area contributed by atoms with Crippen molar-refractivity contribution in [2.45, 2.75) is 32.7 Å². The van der Waals surface area contributed by atoms with Gasteiger partial charge in [0, 0.05) is 18.2 Å². The van der Waals surface area contributed by atoms with Crippen LogP contribution >= 0.6 is 0 Å². The number of hydrogen-bond donors (Lipinski definition) is 2. The number of carbonyl (C=O) groups excluding carboxylic acids is 1. The fourth-order valence-electron chi connectivity index (χ4n) is 2.14. The Hall–Kier alpha value is -2.13. The van der Waals surface area contributed by atoms with Gasteiger partial charge in [-0.25, -0.2) is 0 Å². The zero-order valence-electron chi connectivity index (χ0n) is 12.6. The molecule has 2 rings (SSSR count). The van der Waals surface area contributed by atoms with Crippen molar-refractivity contribution in [1.82, 2.24) is 0 Å². The first-order valence-electron chi connectivity index (χ1n) is 7.25. The Labute approximate surface area is 126 Å². The van der Waals surface area contributed by atoms with Crippen LogP contribution in [0.1, 0.15) is 36.1 Å². The molecule has 0 bridgehead atoms. The molecule has 3 N–H and O–H groups in total. The van der Waals surface area contributed by atoms with Crippen molar-refractivity contribution in [1.29, 1.82) is 0 Å². The monoisotopic (exact) mass is 282 g/mol. The van der Waals surface area contributed by atoms with Crippen molar-refractivity contribution in [3.05, 3.63) is 65.2 Å². The maximum absolute atomic E-state index is 12.0. The Morgan fingerprint density at radius 3 is 2.57 bits per heavy atom. The number of aryl methyl sites for hydroxylation is 2. The van der Waals surface area contributed by atoms with Gasteiger partial charge in [-0.1, -0.05) is 42.0 Å². The minimum Gasteiger partial charge on any atom is -0.326 e. The molecule has 2 aromatic carbocycles. The summed E-state index contributed by atoms with van der Waals surface area (Å²) >= 11 is 0. The third kappa shape index (κ3) is 4.72. The van der Waals surface area contributed by atoms with Gasteiger partial charge in [-0.2, -0.15) is 0 Å². The molecule has 0 aliphatic heterocycles. The molecule has 0 aliphatic rings. The second kappa shape index (κ2) is 7.04. The molecule has 0 saturated carbocycles. The fraction of sp³-hybridized carbons (Fsp3) is 0.278. The molecule has 21 heavy (non-hydrogen) atoms. The van der Waals surface area contributed by atoms with Crippen molar-refractivity contribution < 1.29 is 4.79 Å². The number of nitrogens with two attached hydrogens (primary N) is 1. The third-order valence-corrected chi connectivity index (χ3v) is 3.46. The Bertz CT molecular complexity index is 603. The number of carbonyl (C=O) groups is 1. The number of rotatable bonds is 5. The van der Waals surface area contributed by atoms with Crippen LogP contribution in [0.2, 0.25) is 0 Å². The number of nitrogens with one attached hydrogen (secondary N) is 1. The maximum Gasteiger partial charge on any atom is 0.224 e. The Morgan fingerprint density at radius 2 is 1.90 bits per heavy atom. The predicted molar refractivity (Wildman–Crippen MR) is 87.2 cm³/mol. The van der Waals surface area contributed by atoms with Crippen LogP contribution in [0.25, 0.3) is 0 Å². The van der Waals surface area contributed by atoms with E-state index < -0.39 is 0 Å². The van der Waals surface area contributed by atoms with E-state index in [2.05, 4.69) is 36.5 Å². The lowest BCUT2D eigenvalue weighted by atomic mass is 10.1. The summed E-state index contributed by atoms with van der Waals surface area (Å²) in [6.45, 7) is 3.99. The van der Waals surface area contributed by atoms with Gasteiger partial charge in [0.2, 0.25) is 5.91 Å². The number of benzene rings is 2. The number of anilines is 1. The first kappa shape index (κ1) is 15.3. The van der Waals surface area contributed by atoms with Crippen molar-refractivity contribution in [2.75, 3.05) is 5.32 Å². The van der Waals surface area contributed by atoms with Gasteiger partial charge in [-0.3, -0.25) is 4.79 Å². The minimum atomic E-state index is -0.0330. The zero-order valence-corrected chi connectivity index (χ0v) is 12.6. The third-order valence-electron chi connectivity index (χ3n) is 3.46. The summed E-state index contributed by atoms with van der Waals surface area (Å²) in [6, 6.07) is 15.9. The van der Waals surface area contributed by atoms with Crippen molar-refractivity contribution in [3.63, 3.8) is 0 Å². The van der Waals surface area contributed by atoms with Crippen molar-refractivity contribution in [2.24, 2.45) is 5.73 Å². The average molecular weight is 282 g/mol. The summed E-state index contributed by atoms with van der Waals surface area (Å²) < 4.78 is 0. The lowest BCUT2D eigenvalue weighted by molar-refractivity contribution is -0.116. The van der Waals surface area contributed by atoms with Crippen LogP contribution in [0.4, 0.5) is 5.69 Å². The molecule has 110 valence electrons. The topological polar surface area (TPSA) is 55.1 Å². The van der Waals surface area contributed by atoms with E-state index in [1.165, 1.54) is 11.1 Å². The van der Waals surface area contributed by atoms with E-state index in [-0.39, 0.29) is 11.9 Å². The molecule has 3 heteroatoms. The SMILES string of the molecule is Cc1ccc(CCC(=O)Nc2cccc(C(C)N)c2)cc1. The average Bonchev–Trinajstić information content (AvgIpc) is 2.47. The standard InChI is InChI=1S/C18H22N2O/c1-13-6-8-15(9-7-13)10-11-18(21)20-17-5-3-4-16(12-17)14(2)19/h3-9,12,14H,10-11,19H2,1-2H3,(H,20,21). The highest BCUT2D eigenvalue weighted by Gasteiger charge is 2.05. The molecule has 0 spiro atoms. The summed E-state index contributed by atoms with van der Waals surface area (Å²) in [5.41, 5.74) is 10.1. The number of hydrogen-bond acceptors (Lipinski definition) is 2. The van der Waals surface area contributed by atoms with Gasteiger partial charge in [-0.15, -0.1) is 0 Å². The summed E-state index contributed by atoms with van der Waals surface area (Å²) in [7, 11) is 0. The van der Waals surface area contributed by atoms with Crippen LogP contribution < -0.4 is 11.1 Å². The Balaban J connectivity index is 1.89. The highest BCUT2D eigenvalue weighted by atomic mass is 16.1. The van der Waals surface area contributed by atoms with E-state index in [1.807, 2.05) is 31.2 Å². The lowest BCUT2D eigenvalue weighted by Gasteiger charge is -2.09. The highest BCUT2D eigenvalue weighted by Crippen LogP contribution is 2.16. The zero-order chi connectivity index (χ0) is 15.2. The molecular weight excluding hydrogens is 260 g/mol. The predicted octanol–water partition coefficient (Wildman–Crippen LogP) is 3.59. The Morgan fingerprint density at radius 1 is 1.19 bits per heavy atom. The van der Waals surface area contributed by atoms with Gasteiger partial charge >= 0.3 is 0 Å².